The maximum atomic E-state index is 14.1. The summed E-state index contributed by atoms with van der Waals surface area (Å²) in [5.74, 6) is -0.0135. The summed E-state index contributed by atoms with van der Waals surface area (Å²) >= 11 is 7.33. The Morgan fingerprint density at radius 3 is 2.50 bits per heavy atom. The summed E-state index contributed by atoms with van der Waals surface area (Å²) in [6, 6.07) is 13.0. The fourth-order valence-electron chi connectivity index (χ4n) is 2.63. The number of nitrogens with one attached hydrogen (secondary N) is 1. The molecule has 2 aromatic rings. The molecule has 4 nitrogen and oxygen atoms in total. The second kappa shape index (κ2) is 11.1. The highest BCUT2D eigenvalue weighted by atomic mass is 35.5. The number of benzene rings is 2. The molecule has 2 amide bonds. The summed E-state index contributed by atoms with van der Waals surface area (Å²) in [6.07, 6.45) is 0. The smallest absolute Gasteiger partial charge is 0.242 e. The lowest BCUT2D eigenvalue weighted by Gasteiger charge is -2.28. The Balaban J connectivity index is 2.06. The summed E-state index contributed by atoms with van der Waals surface area (Å²) < 4.78 is 14.1. The SMILES string of the molecule is CCNC(=O)C(C)N(Cc1ccccc1F)C(=O)CSCc1ccc(Cl)cc1. The molecule has 0 saturated carbocycles. The summed E-state index contributed by atoms with van der Waals surface area (Å²) in [5, 5.41) is 3.39. The number of halogens is 2. The normalized spacial score (nSPS) is 11.7. The van der Waals surface area contributed by atoms with Crippen molar-refractivity contribution in [3.8, 4) is 0 Å². The van der Waals surface area contributed by atoms with Crippen LogP contribution in [-0.2, 0) is 21.9 Å². The minimum atomic E-state index is -0.691. The minimum Gasteiger partial charge on any atom is -0.355 e. The lowest BCUT2D eigenvalue weighted by Crippen LogP contribution is -2.48. The van der Waals surface area contributed by atoms with Gasteiger partial charge in [-0.2, -0.15) is 0 Å². The number of hydrogen-bond acceptors (Lipinski definition) is 3. The summed E-state index contributed by atoms with van der Waals surface area (Å²) in [6.45, 7) is 3.99. The molecule has 28 heavy (non-hydrogen) atoms. The van der Waals surface area contributed by atoms with Crippen LogP contribution < -0.4 is 5.32 Å². The lowest BCUT2D eigenvalue weighted by atomic mass is 10.1. The van der Waals surface area contributed by atoms with Gasteiger partial charge in [0, 0.05) is 29.4 Å². The number of carbonyl (C=O) groups excluding carboxylic acids is 2. The van der Waals surface area contributed by atoms with Crippen LogP contribution in [0.15, 0.2) is 48.5 Å². The van der Waals surface area contributed by atoms with Crippen molar-refractivity contribution in [1.82, 2.24) is 10.2 Å². The van der Waals surface area contributed by atoms with E-state index in [2.05, 4.69) is 5.32 Å². The highest BCUT2D eigenvalue weighted by molar-refractivity contribution is 7.99. The zero-order chi connectivity index (χ0) is 20.5. The van der Waals surface area contributed by atoms with E-state index in [0.29, 0.717) is 22.9 Å². The van der Waals surface area contributed by atoms with E-state index in [-0.39, 0.29) is 24.1 Å². The van der Waals surface area contributed by atoms with Gasteiger partial charge in [-0.05, 0) is 37.6 Å². The van der Waals surface area contributed by atoms with E-state index in [9.17, 15) is 14.0 Å². The largest absolute Gasteiger partial charge is 0.355 e. The molecule has 0 saturated heterocycles. The average molecular weight is 423 g/mol. The van der Waals surface area contributed by atoms with Crippen molar-refractivity contribution in [2.45, 2.75) is 32.2 Å². The molecule has 1 atom stereocenters. The third kappa shape index (κ3) is 6.53. The highest BCUT2D eigenvalue weighted by Gasteiger charge is 2.26. The first kappa shape index (κ1) is 22.2. The van der Waals surface area contributed by atoms with Gasteiger partial charge in [-0.25, -0.2) is 4.39 Å². The molecule has 0 spiro atoms. The molecular weight excluding hydrogens is 399 g/mol. The monoisotopic (exact) mass is 422 g/mol. The number of amides is 2. The van der Waals surface area contributed by atoms with Crippen LogP contribution in [0.25, 0.3) is 0 Å². The fraction of sp³-hybridized carbons (Fsp3) is 0.333. The van der Waals surface area contributed by atoms with Gasteiger partial charge in [-0.15, -0.1) is 11.8 Å². The minimum absolute atomic E-state index is 0.0469. The van der Waals surface area contributed by atoms with Gasteiger partial charge in [0.05, 0.1) is 5.75 Å². The van der Waals surface area contributed by atoms with Gasteiger partial charge in [0.2, 0.25) is 11.8 Å². The second-order valence-electron chi connectivity index (χ2n) is 6.30. The molecule has 0 radical (unpaired) electrons. The summed E-state index contributed by atoms with van der Waals surface area (Å²) in [4.78, 5) is 26.5. The lowest BCUT2D eigenvalue weighted by molar-refractivity contribution is -0.138. The first-order valence-corrected chi connectivity index (χ1v) is 10.6. The van der Waals surface area contributed by atoms with Gasteiger partial charge in [0.25, 0.3) is 0 Å². The molecule has 1 N–H and O–H groups in total. The van der Waals surface area contributed by atoms with E-state index in [4.69, 9.17) is 11.6 Å². The van der Waals surface area contributed by atoms with Crippen LogP contribution in [-0.4, -0.2) is 35.1 Å². The predicted octanol–water partition coefficient (Wildman–Crippen LogP) is 4.27. The highest BCUT2D eigenvalue weighted by Crippen LogP contribution is 2.18. The molecule has 1 unspecified atom stereocenters. The standard InChI is InChI=1S/C21H24ClFN2O2S/c1-3-24-21(27)15(2)25(12-17-6-4-5-7-19(17)23)20(26)14-28-13-16-8-10-18(22)11-9-16/h4-11,15H,3,12-14H2,1-2H3,(H,24,27). The molecule has 0 heterocycles. The van der Waals surface area contributed by atoms with Gasteiger partial charge in [0.15, 0.2) is 0 Å². The Morgan fingerprint density at radius 1 is 1.18 bits per heavy atom. The third-order valence-electron chi connectivity index (χ3n) is 4.22. The zero-order valence-electron chi connectivity index (χ0n) is 16.0. The quantitative estimate of drug-likeness (QED) is 0.656. The average Bonchev–Trinajstić information content (AvgIpc) is 2.68. The predicted molar refractivity (Wildman–Crippen MR) is 113 cm³/mol. The summed E-state index contributed by atoms with van der Waals surface area (Å²) in [7, 11) is 0. The zero-order valence-corrected chi connectivity index (χ0v) is 17.5. The number of nitrogens with zero attached hydrogens (tertiary/aromatic N) is 1. The molecule has 0 fully saturated rings. The van der Waals surface area contributed by atoms with Crippen LogP contribution in [0.2, 0.25) is 5.02 Å². The molecule has 2 rings (SSSR count). The molecular formula is C21H24ClFN2O2S. The fourth-order valence-corrected chi connectivity index (χ4v) is 3.63. The van der Waals surface area contributed by atoms with Gasteiger partial charge in [-0.3, -0.25) is 9.59 Å². The maximum absolute atomic E-state index is 14.1. The van der Waals surface area contributed by atoms with E-state index in [1.54, 1.807) is 37.3 Å². The van der Waals surface area contributed by atoms with Crippen LogP contribution in [0, 0.1) is 5.82 Å². The Hall–Kier alpha value is -2.05. The van der Waals surface area contributed by atoms with Crippen LogP contribution in [0.3, 0.4) is 0 Å². The Bertz CT molecular complexity index is 801. The third-order valence-corrected chi connectivity index (χ3v) is 5.46. The Labute approximate surface area is 174 Å². The van der Waals surface area contributed by atoms with Crippen molar-refractivity contribution in [3.63, 3.8) is 0 Å². The molecule has 7 heteroatoms. The van der Waals surface area contributed by atoms with Crippen LogP contribution in [0.4, 0.5) is 4.39 Å². The number of likely N-dealkylation sites (N-methyl/N-ethyl adjacent to an activating group) is 1. The van der Waals surface area contributed by atoms with Crippen molar-refractivity contribution < 1.29 is 14.0 Å². The van der Waals surface area contributed by atoms with Gasteiger partial charge >= 0.3 is 0 Å². The van der Waals surface area contributed by atoms with Crippen LogP contribution in [0.1, 0.15) is 25.0 Å². The molecule has 0 aliphatic heterocycles. The van der Waals surface area contributed by atoms with E-state index in [1.165, 1.54) is 22.7 Å². The van der Waals surface area contributed by atoms with Gasteiger partial charge in [0.1, 0.15) is 11.9 Å². The van der Waals surface area contributed by atoms with E-state index in [1.807, 2.05) is 19.1 Å². The first-order chi connectivity index (χ1) is 13.4. The van der Waals surface area contributed by atoms with Crippen LogP contribution in [0.5, 0.6) is 0 Å². The van der Waals surface area contributed by atoms with Crippen molar-refractivity contribution in [2.24, 2.45) is 0 Å². The van der Waals surface area contributed by atoms with Crippen LogP contribution >= 0.6 is 23.4 Å². The summed E-state index contributed by atoms with van der Waals surface area (Å²) in [5.41, 5.74) is 1.44. The first-order valence-electron chi connectivity index (χ1n) is 9.05. The van der Waals surface area contributed by atoms with E-state index >= 15 is 0 Å². The van der Waals surface area contributed by atoms with Gasteiger partial charge in [-0.1, -0.05) is 41.9 Å². The number of thioether (sulfide) groups is 1. The molecule has 150 valence electrons. The van der Waals surface area contributed by atoms with Crippen molar-refractivity contribution in [2.75, 3.05) is 12.3 Å². The molecule has 0 aromatic heterocycles. The van der Waals surface area contributed by atoms with Crippen molar-refractivity contribution in [1.29, 1.82) is 0 Å². The number of hydrogen-bond donors (Lipinski definition) is 1. The molecule has 0 bridgehead atoms. The van der Waals surface area contributed by atoms with E-state index < -0.39 is 11.9 Å². The molecule has 2 aromatic carbocycles. The van der Waals surface area contributed by atoms with Crippen molar-refractivity contribution >= 4 is 35.2 Å². The number of carbonyl (C=O) groups is 2. The number of rotatable bonds is 9. The topological polar surface area (TPSA) is 49.4 Å². The van der Waals surface area contributed by atoms with E-state index in [0.717, 1.165) is 5.56 Å². The van der Waals surface area contributed by atoms with Gasteiger partial charge < -0.3 is 10.2 Å². The maximum Gasteiger partial charge on any atom is 0.242 e. The molecule has 0 aliphatic carbocycles. The Kier molecular flexibility index (Phi) is 8.80. The second-order valence-corrected chi connectivity index (χ2v) is 7.72. The van der Waals surface area contributed by atoms with Crippen molar-refractivity contribution in [3.05, 3.63) is 70.5 Å². The Morgan fingerprint density at radius 2 is 1.86 bits per heavy atom. The molecule has 0 aliphatic rings.